The number of rotatable bonds is 4. The van der Waals surface area contributed by atoms with Crippen molar-refractivity contribution in [2.75, 3.05) is 31.6 Å². The van der Waals surface area contributed by atoms with E-state index in [0.29, 0.717) is 37.6 Å². The number of ether oxygens (including phenoxy) is 1. The standard InChI is InChI=1S/C19H18N4O5S/c24-17(14-2-1-3-16(12-14)23(26)27)21-19(29)20-15-6-4-13(5-7-15)18(25)22-8-10-28-11-9-22/h1-7,12H,8-11H2,(H2,20,21,24,29). The van der Waals surface area contributed by atoms with Crippen molar-refractivity contribution in [1.82, 2.24) is 10.2 Å². The Morgan fingerprint density at radius 2 is 1.76 bits per heavy atom. The molecule has 9 nitrogen and oxygen atoms in total. The molecule has 0 saturated carbocycles. The zero-order valence-electron chi connectivity index (χ0n) is 15.3. The van der Waals surface area contributed by atoms with Crippen molar-refractivity contribution in [2.45, 2.75) is 0 Å². The molecule has 10 heteroatoms. The van der Waals surface area contributed by atoms with Gasteiger partial charge in [-0.25, -0.2) is 0 Å². The number of benzene rings is 2. The van der Waals surface area contributed by atoms with Gasteiger partial charge in [-0.2, -0.15) is 0 Å². The summed E-state index contributed by atoms with van der Waals surface area (Å²) in [7, 11) is 0. The van der Waals surface area contributed by atoms with Gasteiger partial charge in [0.25, 0.3) is 17.5 Å². The lowest BCUT2D eigenvalue weighted by Gasteiger charge is -2.26. The third-order valence-corrected chi connectivity index (χ3v) is 4.44. The van der Waals surface area contributed by atoms with Crippen LogP contribution < -0.4 is 10.6 Å². The quantitative estimate of drug-likeness (QED) is 0.448. The second-order valence-corrected chi connectivity index (χ2v) is 6.61. The molecule has 2 aromatic rings. The summed E-state index contributed by atoms with van der Waals surface area (Å²) in [4.78, 5) is 36.6. The lowest BCUT2D eigenvalue weighted by Crippen LogP contribution is -2.40. The second-order valence-electron chi connectivity index (χ2n) is 6.20. The SMILES string of the molecule is O=C(NC(=S)Nc1ccc(C(=O)N2CCOCC2)cc1)c1cccc([N+](=O)[O-])c1. The van der Waals surface area contributed by atoms with Crippen LogP contribution in [0, 0.1) is 10.1 Å². The molecular formula is C19H18N4O5S. The van der Waals surface area contributed by atoms with E-state index < -0.39 is 10.8 Å². The van der Waals surface area contributed by atoms with E-state index in [1.165, 1.54) is 24.3 Å². The van der Waals surface area contributed by atoms with E-state index in [2.05, 4.69) is 10.6 Å². The smallest absolute Gasteiger partial charge is 0.270 e. The zero-order chi connectivity index (χ0) is 20.8. The molecule has 2 aromatic carbocycles. The van der Waals surface area contributed by atoms with Crippen LogP contribution in [0.25, 0.3) is 0 Å². The molecule has 3 rings (SSSR count). The van der Waals surface area contributed by atoms with Crippen molar-refractivity contribution in [1.29, 1.82) is 0 Å². The van der Waals surface area contributed by atoms with Gasteiger partial charge in [0.1, 0.15) is 0 Å². The van der Waals surface area contributed by atoms with Gasteiger partial charge >= 0.3 is 0 Å². The molecule has 0 unspecified atom stereocenters. The van der Waals surface area contributed by atoms with Crippen LogP contribution in [-0.4, -0.2) is 53.1 Å². The molecule has 1 fully saturated rings. The van der Waals surface area contributed by atoms with E-state index in [-0.39, 0.29) is 22.3 Å². The molecule has 0 radical (unpaired) electrons. The van der Waals surface area contributed by atoms with Crippen LogP contribution in [0.2, 0.25) is 0 Å². The van der Waals surface area contributed by atoms with Crippen LogP contribution in [0.3, 0.4) is 0 Å². The number of nitrogens with one attached hydrogen (secondary N) is 2. The molecule has 0 bridgehead atoms. The average Bonchev–Trinajstić information content (AvgIpc) is 2.74. The Hall–Kier alpha value is -3.37. The Balaban J connectivity index is 1.57. The molecule has 0 atom stereocenters. The molecule has 0 spiro atoms. The van der Waals surface area contributed by atoms with Crippen LogP contribution in [0.1, 0.15) is 20.7 Å². The largest absolute Gasteiger partial charge is 0.378 e. The number of nitro benzene ring substituents is 1. The number of anilines is 1. The van der Waals surface area contributed by atoms with Gasteiger partial charge in [0, 0.05) is 42.0 Å². The third kappa shape index (κ3) is 5.33. The number of nitro groups is 1. The normalized spacial score (nSPS) is 13.4. The van der Waals surface area contributed by atoms with Crippen LogP contribution >= 0.6 is 12.2 Å². The second kappa shape index (κ2) is 9.22. The minimum absolute atomic E-state index is 0.0359. The Labute approximate surface area is 171 Å². The maximum absolute atomic E-state index is 12.4. The van der Waals surface area contributed by atoms with Crippen molar-refractivity contribution < 1.29 is 19.2 Å². The van der Waals surface area contributed by atoms with E-state index in [1.54, 1.807) is 29.2 Å². The fraction of sp³-hybridized carbons (Fsp3) is 0.211. The molecule has 1 aliphatic rings. The van der Waals surface area contributed by atoms with Gasteiger partial charge in [0.2, 0.25) is 0 Å². The van der Waals surface area contributed by atoms with Crippen LogP contribution in [0.4, 0.5) is 11.4 Å². The fourth-order valence-corrected chi connectivity index (χ4v) is 2.95. The van der Waals surface area contributed by atoms with Crippen LogP contribution in [-0.2, 0) is 4.74 Å². The van der Waals surface area contributed by atoms with E-state index in [0.717, 1.165) is 0 Å². The van der Waals surface area contributed by atoms with Gasteiger partial charge in [-0.15, -0.1) is 0 Å². The Bertz CT molecular complexity index is 942. The first-order valence-electron chi connectivity index (χ1n) is 8.78. The number of non-ortho nitro benzene ring substituents is 1. The molecule has 1 saturated heterocycles. The van der Waals surface area contributed by atoms with Gasteiger partial charge in [-0.1, -0.05) is 6.07 Å². The summed E-state index contributed by atoms with van der Waals surface area (Å²) in [6, 6.07) is 12.1. The number of nitrogens with zero attached hydrogens (tertiary/aromatic N) is 2. The average molecular weight is 414 g/mol. The highest BCUT2D eigenvalue weighted by Gasteiger charge is 2.18. The van der Waals surface area contributed by atoms with Crippen molar-refractivity contribution in [2.24, 2.45) is 0 Å². The van der Waals surface area contributed by atoms with Gasteiger partial charge in [-0.05, 0) is 42.5 Å². The molecular weight excluding hydrogens is 396 g/mol. The summed E-state index contributed by atoms with van der Waals surface area (Å²) in [5.41, 5.74) is 1.07. The molecule has 0 aromatic heterocycles. The van der Waals surface area contributed by atoms with Crippen molar-refractivity contribution in [3.63, 3.8) is 0 Å². The number of thiocarbonyl (C=S) groups is 1. The molecule has 2 amide bonds. The summed E-state index contributed by atoms with van der Waals surface area (Å²) < 4.78 is 5.24. The number of hydrogen-bond donors (Lipinski definition) is 2. The van der Waals surface area contributed by atoms with Crippen LogP contribution in [0.15, 0.2) is 48.5 Å². The lowest BCUT2D eigenvalue weighted by molar-refractivity contribution is -0.384. The summed E-state index contributed by atoms with van der Waals surface area (Å²) in [6.45, 7) is 2.19. The first kappa shape index (κ1) is 20.4. The maximum atomic E-state index is 12.4. The molecule has 29 heavy (non-hydrogen) atoms. The zero-order valence-corrected chi connectivity index (χ0v) is 16.1. The van der Waals surface area contributed by atoms with E-state index in [1.807, 2.05) is 0 Å². The van der Waals surface area contributed by atoms with Crippen molar-refractivity contribution in [3.05, 3.63) is 69.8 Å². The molecule has 2 N–H and O–H groups in total. The minimum Gasteiger partial charge on any atom is -0.378 e. The monoisotopic (exact) mass is 414 g/mol. The third-order valence-electron chi connectivity index (χ3n) is 4.23. The minimum atomic E-state index is -0.576. The van der Waals surface area contributed by atoms with E-state index in [4.69, 9.17) is 17.0 Å². The molecule has 1 aliphatic heterocycles. The highest BCUT2D eigenvalue weighted by atomic mass is 32.1. The number of morpholine rings is 1. The Morgan fingerprint density at radius 1 is 1.07 bits per heavy atom. The first-order chi connectivity index (χ1) is 13.9. The van der Waals surface area contributed by atoms with Crippen LogP contribution in [0.5, 0.6) is 0 Å². The van der Waals surface area contributed by atoms with Crippen molar-refractivity contribution >= 4 is 40.5 Å². The number of carbonyl (C=O) groups excluding carboxylic acids is 2. The Kier molecular flexibility index (Phi) is 6.47. The first-order valence-corrected chi connectivity index (χ1v) is 9.19. The van der Waals surface area contributed by atoms with Gasteiger partial charge in [0.05, 0.1) is 18.1 Å². The summed E-state index contributed by atoms with van der Waals surface area (Å²) >= 11 is 5.12. The molecule has 150 valence electrons. The molecule has 1 heterocycles. The predicted octanol–water partition coefficient (Wildman–Crippen LogP) is 2.19. The highest BCUT2D eigenvalue weighted by Crippen LogP contribution is 2.14. The van der Waals surface area contributed by atoms with Gasteiger partial charge < -0.3 is 15.0 Å². The summed E-state index contributed by atoms with van der Waals surface area (Å²) in [5.74, 6) is -0.633. The van der Waals surface area contributed by atoms with E-state index >= 15 is 0 Å². The summed E-state index contributed by atoms with van der Waals surface area (Å²) in [5, 5.41) is 16.2. The lowest BCUT2D eigenvalue weighted by atomic mass is 10.1. The van der Waals surface area contributed by atoms with Gasteiger partial charge in [-0.3, -0.25) is 25.0 Å². The number of hydrogen-bond acceptors (Lipinski definition) is 6. The number of amides is 2. The Morgan fingerprint density at radius 3 is 2.41 bits per heavy atom. The summed E-state index contributed by atoms with van der Waals surface area (Å²) in [6.07, 6.45) is 0. The van der Waals surface area contributed by atoms with E-state index in [9.17, 15) is 19.7 Å². The van der Waals surface area contributed by atoms with Gasteiger partial charge in [0.15, 0.2) is 5.11 Å². The highest BCUT2D eigenvalue weighted by molar-refractivity contribution is 7.80. The predicted molar refractivity (Wildman–Crippen MR) is 110 cm³/mol. The molecule has 0 aliphatic carbocycles. The topological polar surface area (TPSA) is 114 Å². The fourth-order valence-electron chi connectivity index (χ4n) is 2.74. The maximum Gasteiger partial charge on any atom is 0.270 e. The number of carbonyl (C=O) groups is 2. The van der Waals surface area contributed by atoms with Crippen molar-refractivity contribution in [3.8, 4) is 0 Å².